The van der Waals surface area contributed by atoms with Crippen molar-refractivity contribution in [3.05, 3.63) is 200 Å². The Kier molecular flexibility index (Phi) is 7.81. The van der Waals surface area contributed by atoms with Crippen LogP contribution in [0, 0.1) is 0 Å². The summed E-state index contributed by atoms with van der Waals surface area (Å²) >= 11 is 0. The molecule has 3 heteroatoms. The summed E-state index contributed by atoms with van der Waals surface area (Å²) in [5.74, 6) is 1.95. The van der Waals surface area contributed by atoms with Crippen molar-refractivity contribution >= 4 is 32.3 Å². The Morgan fingerprint density at radius 3 is 0.963 bits per heavy atom. The van der Waals surface area contributed by atoms with Gasteiger partial charge in [0, 0.05) is 16.7 Å². The highest BCUT2D eigenvalue weighted by molar-refractivity contribution is 5.92. The lowest BCUT2D eigenvalue weighted by Gasteiger charge is -2.11. The van der Waals surface area contributed by atoms with E-state index in [9.17, 15) is 0 Å². The van der Waals surface area contributed by atoms with Crippen molar-refractivity contribution in [2.45, 2.75) is 0 Å². The van der Waals surface area contributed by atoms with Gasteiger partial charge in [0.15, 0.2) is 17.5 Å². The zero-order valence-corrected chi connectivity index (χ0v) is 29.4. The van der Waals surface area contributed by atoms with Gasteiger partial charge >= 0.3 is 0 Å². The van der Waals surface area contributed by atoms with Gasteiger partial charge in [-0.2, -0.15) is 0 Å². The fourth-order valence-corrected chi connectivity index (χ4v) is 7.35. The Morgan fingerprint density at radius 2 is 0.481 bits per heavy atom. The highest BCUT2D eigenvalue weighted by atomic mass is 15.0. The quantitative estimate of drug-likeness (QED) is 0.175. The molecule has 0 fully saturated rings. The first-order chi connectivity index (χ1) is 26.7. The Hall–Kier alpha value is -7.23. The van der Waals surface area contributed by atoms with Crippen LogP contribution in [0.4, 0.5) is 0 Å². The third kappa shape index (κ3) is 6.08. The predicted octanol–water partition coefficient (Wildman–Crippen LogP) is 13.3. The van der Waals surface area contributed by atoms with Gasteiger partial charge in [-0.1, -0.05) is 170 Å². The molecule has 1 aromatic heterocycles. The SMILES string of the molecule is c1ccc(-c2cccc(-c3ccc(-c4ccc5cc(-c6nc(-c7ccc8ccccc8c7)nc(-c7ccc8ccccc8c7)n6)ccc5c4)cc3)c2)cc1. The van der Waals surface area contributed by atoms with Gasteiger partial charge in [0.2, 0.25) is 0 Å². The minimum Gasteiger partial charge on any atom is -0.208 e. The number of nitrogens with zero attached hydrogens (tertiary/aromatic N) is 3. The molecule has 0 spiro atoms. The number of aromatic nitrogens is 3. The first kappa shape index (κ1) is 31.5. The molecule has 0 saturated heterocycles. The Morgan fingerprint density at radius 1 is 0.185 bits per heavy atom. The van der Waals surface area contributed by atoms with Gasteiger partial charge in [-0.05, 0) is 96.0 Å². The molecule has 3 nitrogen and oxygen atoms in total. The van der Waals surface area contributed by atoms with Crippen molar-refractivity contribution in [1.82, 2.24) is 15.0 Å². The van der Waals surface area contributed by atoms with E-state index >= 15 is 0 Å². The molecule has 0 unspecified atom stereocenters. The fraction of sp³-hybridized carbons (Fsp3) is 0. The molecule has 0 atom stereocenters. The predicted molar refractivity (Wildman–Crippen MR) is 225 cm³/mol. The van der Waals surface area contributed by atoms with Crippen molar-refractivity contribution in [3.8, 4) is 67.5 Å². The van der Waals surface area contributed by atoms with Crippen molar-refractivity contribution in [1.29, 1.82) is 0 Å². The van der Waals surface area contributed by atoms with Gasteiger partial charge in [0.1, 0.15) is 0 Å². The van der Waals surface area contributed by atoms with E-state index in [1.165, 1.54) is 44.2 Å². The smallest absolute Gasteiger partial charge is 0.164 e. The van der Waals surface area contributed by atoms with Crippen molar-refractivity contribution in [3.63, 3.8) is 0 Å². The second kappa shape index (κ2) is 13.4. The van der Waals surface area contributed by atoms with Gasteiger partial charge in [-0.3, -0.25) is 0 Å². The molecule has 0 amide bonds. The van der Waals surface area contributed by atoms with Gasteiger partial charge < -0.3 is 0 Å². The van der Waals surface area contributed by atoms with Crippen LogP contribution in [0.2, 0.25) is 0 Å². The lowest BCUT2D eigenvalue weighted by atomic mass is 9.96. The van der Waals surface area contributed by atoms with Gasteiger partial charge in [0.05, 0.1) is 0 Å². The maximum atomic E-state index is 5.07. The highest BCUT2D eigenvalue weighted by Crippen LogP contribution is 2.33. The van der Waals surface area contributed by atoms with Crippen LogP contribution in [0.3, 0.4) is 0 Å². The fourth-order valence-electron chi connectivity index (χ4n) is 7.35. The first-order valence-electron chi connectivity index (χ1n) is 18.3. The van der Waals surface area contributed by atoms with E-state index in [2.05, 4.69) is 200 Å². The molecule has 54 heavy (non-hydrogen) atoms. The molecule has 0 bridgehead atoms. The van der Waals surface area contributed by atoms with Gasteiger partial charge in [0.25, 0.3) is 0 Å². The van der Waals surface area contributed by atoms with E-state index in [0.717, 1.165) is 38.2 Å². The number of hydrogen-bond acceptors (Lipinski definition) is 3. The lowest BCUT2D eigenvalue weighted by Crippen LogP contribution is -2.00. The molecule has 0 saturated carbocycles. The number of benzene rings is 9. The van der Waals surface area contributed by atoms with Crippen LogP contribution >= 0.6 is 0 Å². The molecular weight excluding hydrogens is 655 g/mol. The molecule has 252 valence electrons. The second-order valence-electron chi connectivity index (χ2n) is 13.7. The summed E-state index contributed by atoms with van der Waals surface area (Å²) in [4.78, 5) is 15.2. The first-order valence-corrected chi connectivity index (χ1v) is 18.3. The third-order valence-corrected chi connectivity index (χ3v) is 10.3. The van der Waals surface area contributed by atoms with Crippen LogP contribution in [-0.4, -0.2) is 15.0 Å². The van der Waals surface area contributed by atoms with E-state index in [4.69, 9.17) is 15.0 Å². The summed E-state index contributed by atoms with van der Waals surface area (Å²) in [5.41, 5.74) is 10.1. The Balaban J connectivity index is 0.996. The van der Waals surface area contributed by atoms with Gasteiger partial charge in [-0.15, -0.1) is 0 Å². The topological polar surface area (TPSA) is 38.7 Å². The van der Waals surface area contributed by atoms with Crippen LogP contribution in [0.5, 0.6) is 0 Å². The van der Waals surface area contributed by atoms with Gasteiger partial charge in [-0.25, -0.2) is 15.0 Å². The Bertz CT molecular complexity index is 2890. The summed E-state index contributed by atoms with van der Waals surface area (Å²) in [6.07, 6.45) is 0. The monoisotopic (exact) mass is 687 g/mol. The minimum absolute atomic E-state index is 0.647. The number of hydrogen-bond donors (Lipinski definition) is 0. The number of fused-ring (bicyclic) bond motifs is 3. The Labute approximate surface area is 313 Å². The van der Waals surface area contributed by atoms with E-state index in [1.54, 1.807) is 0 Å². The summed E-state index contributed by atoms with van der Waals surface area (Å²) in [7, 11) is 0. The largest absolute Gasteiger partial charge is 0.208 e. The van der Waals surface area contributed by atoms with E-state index in [1.807, 2.05) is 0 Å². The summed E-state index contributed by atoms with van der Waals surface area (Å²) in [5, 5.41) is 6.96. The van der Waals surface area contributed by atoms with Crippen molar-refractivity contribution in [2.75, 3.05) is 0 Å². The maximum absolute atomic E-state index is 5.07. The lowest BCUT2D eigenvalue weighted by molar-refractivity contribution is 1.08. The average molecular weight is 688 g/mol. The van der Waals surface area contributed by atoms with E-state index < -0.39 is 0 Å². The zero-order valence-electron chi connectivity index (χ0n) is 29.4. The van der Waals surface area contributed by atoms with Crippen LogP contribution in [0.25, 0.3) is 99.9 Å². The van der Waals surface area contributed by atoms with E-state index in [-0.39, 0.29) is 0 Å². The molecule has 0 N–H and O–H groups in total. The molecule has 9 aromatic carbocycles. The van der Waals surface area contributed by atoms with Crippen molar-refractivity contribution in [2.24, 2.45) is 0 Å². The minimum atomic E-state index is 0.647. The third-order valence-electron chi connectivity index (χ3n) is 10.3. The second-order valence-corrected chi connectivity index (χ2v) is 13.7. The maximum Gasteiger partial charge on any atom is 0.164 e. The molecule has 0 aliphatic rings. The molecule has 0 radical (unpaired) electrons. The normalized spacial score (nSPS) is 11.3. The molecule has 10 aromatic rings. The van der Waals surface area contributed by atoms with Crippen LogP contribution < -0.4 is 0 Å². The van der Waals surface area contributed by atoms with E-state index in [0.29, 0.717) is 17.5 Å². The molecule has 0 aliphatic carbocycles. The van der Waals surface area contributed by atoms with Crippen molar-refractivity contribution < 1.29 is 0 Å². The molecule has 0 aliphatic heterocycles. The summed E-state index contributed by atoms with van der Waals surface area (Å²) in [6, 6.07) is 70.8. The number of rotatable bonds is 6. The average Bonchev–Trinajstić information content (AvgIpc) is 3.26. The standard InChI is InChI=1S/C51H33N3/c1-2-9-34(10-3-1)41-15-8-16-42(29-41)37-17-19-38(20-18-37)43-23-24-45-33-48(28-25-44(45)30-43)51-53-49(46-26-21-35-11-4-6-13-39(35)31-46)52-50(54-51)47-27-22-36-12-5-7-14-40(36)32-47/h1-33H. The van der Waals surface area contributed by atoms with Crippen LogP contribution in [-0.2, 0) is 0 Å². The van der Waals surface area contributed by atoms with Crippen LogP contribution in [0.15, 0.2) is 200 Å². The van der Waals surface area contributed by atoms with Crippen LogP contribution in [0.1, 0.15) is 0 Å². The zero-order chi connectivity index (χ0) is 35.8. The molecule has 10 rings (SSSR count). The summed E-state index contributed by atoms with van der Waals surface area (Å²) < 4.78 is 0. The highest BCUT2D eigenvalue weighted by Gasteiger charge is 2.14. The molecule has 1 heterocycles. The molecular formula is C51H33N3. The summed E-state index contributed by atoms with van der Waals surface area (Å²) in [6.45, 7) is 0.